The van der Waals surface area contributed by atoms with E-state index in [0.29, 0.717) is 21.5 Å². The van der Waals surface area contributed by atoms with E-state index in [4.69, 9.17) is 16.1 Å². The number of aromatic hydroxyl groups is 1. The van der Waals surface area contributed by atoms with Crippen molar-refractivity contribution in [3.63, 3.8) is 0 Å². The van der Waals surface area contributed by atoms with Gasteiger partial charge in [-0.2, -0.15) is 4.73 Å². The van der Waals surface area contributed by atoms with Crippen LogP contribution in [0.4, 0.5) is 0 Å². The Morgan fingerprint density at radius 1 is 1.28 bits per heavy atom. The van der Waals surface area contributed by atoms with Gasteiger partial charge in [0.2, 0.25) is 5.69 Å². The highest BCUT2D eigenvalue weighted by Gasteiger charge is 2.20. The van der Waals surface area contributed by atoms with E-state index in [2.05, 4.69) is 5.16 Å². The lowest BCUT2D eigenvalue weighted by atomic mass is 10.1. The number of hydrogen-bond acceptors (Lipinski definition) is 4. The summed E-state index contributed by atoms with van der Waals surface area (Å²) in [6.07, 6.45) is 1.37. The average Bonchev–Trinajstić information content (AvgIpc) is 2.79. The fourth-order valence-electron chi connectivity index (χ4n) is 1.76. The lowest BCUT2D eigenvalue weighted by molar-refractivity contribution is -0.593. The predicted molar refractivity (Wildman–Crippen MR) is 65.1 cm³/mol. The zero-order valence-electron chi connectivity index (χ0n) is 9.00. The first-order chi connectivity index (χ1) is 8.68. The van der Waals surface area contributed by atoms with Crippen molar-refractivity contribution in [2.45, 2.75) is 0 Å². The van der Waals surface area contributed by atoms with Crippen LogP contribution in [0.5, 0.6) is 5.75 Å². The van der Waals surface area contributed by atoms with Crippen molar-refractivity contribution in [1.29, 1.82) is 0 Å². The summed E-state index contributed by atoms with van der Waals surface area (Å²) in [7, 11) is 0. The summed E-state index contributed by atoms with van der Waals surface area (Å²) in [6.45, 7) is 0. The van der Waals surface area contributed by atoms with Gasteiger partial charge in [-0.1, -0.05) is 16.8 Å². The fourth-order valence-corrected chi connectivity index (χ4v) is 1.96. The van der Waals surface area contributed by atoms with Gasteiger partial charge < -0.3 is 14.8 Å². The maximum absolute atomic E-state index is 11.7. The number of nitrogens with zero attached hydrogens (tertiary/aromatic N) is 2. The molecule has 0 atom stereocenters. The van der Waals surface area contributed by atoms with Crippen LogP contribution in [0.3, 0.4) is 0 Å². The summed E-state index contributed by atoms with van der Waals surface area (Å²) in [6, 6.07) is 8.02. The Labute approximate surface area is 106 Å². The molecular formula is C12H7ClN2O3. The first kappa shape index (κ1) is 10.9. The molecule has 3 rings (SSSR count). The van der Waals surface area contributed by atoms with Crippen LogP contribution in [0.25, 0.3) is 22.4 Å². The summed E-state index contributed by atoms with van der Waals surface area (Å²) in [5.41, 5.74) is 1.01. The first-order valence-corrected chi connectivity index (χ1v) is 5.51. The smallest absolute Gasteiger partial charge is 0.246 e. The van der Waals surface area contributed by atoms with E-state index in [1.807, 2.05) is 0 Å². The quantitative estimate of drug-likeness (QED) is 0.540. The molecule has 0 bridgehead atoms. The van der Waals surface area contributed by atoms with Gasteiger partial charge in [-0.05, 0) is 18.2 Å². The normalized spacial score (nSPS) is 10.9. The molecule has 0 aliphatic heterocycles. The number of fused-ring (bicyclic) bond motifs is 1. The number of phenols is 1. The summed E-state index contributed by atoms with van der Waals surface area (Å²) < 4.78 is 5.77. The summed E-state index contributed by atoms with van der Waals surface area (Å²) in [5, 5.41) is 25.6. The molecule has 0 unspecified atom stereocenters. The number of aromatic nitrogens is 2. The second-order valence-electron chi connectivity index (χ2n) is 3.72. The number of benzene rings is 1. The fraction of sp³-hybridized carbons (Fsp3) is 0. The molecule has 0 saturated heterocycles. The Balaban J connectivity index is 2.32. The van der Waals surface area contributed by atoms with E-state index < -0.39 is 0 Å². The minimum atomic E-state index is -0.0880. The van der Waals surface area contributed by atoms with Crippen molar-refractivity contribution >= 4 is 22.6 Å². The molecule has 5 nitrogen and oxygen atoms in total. The van der Waals surface area contributed by atoms with Crippen LogP contribution < -0.4 is 4.73 Å². The Hall–Kier alpha value is -2.27. The van der Waals surface area contributed by atoms with Crippen molar-refractivity contribution in [3.8, 4) is 17.1 Å². The molecule has 1 N–H and O–H groups in total. The molecule has 0 saturated carbocycles. The van der Waals surface area contributed by atoms with Gasteiger partial charge in [-0.25, -0.2) is 0 Å². The third-order valence-electron chi connectivity index (χ3n) is 2.63. The monoisotopic (exact) mass is 262 g/mol. The Bertz CT molecular complexity index is 739. The topological polar surface area (TPSA) is 73.2 Å². The number of hydrogen-bond donors (Lipinski definition) is 1. The van der Waals surface area contributed by atoms with E-state index in [1.54, 1.807) is 24.3 Å². The highest BCUT2D eigenvalue weighted by molar-refractivity contribution is 6.36. The van der Waals surface area contributed by atoms with E-state index in [1.165, 1.54) is 12.3 Å². The minimum absolute atomic E-state index is 0.0830. The van der Waals surface area contributed by atoms with E-state index >= 15 is 0 Å². The minimum Gasteiger partial charge on any atom is -0.618 e. The molecule has 0 aliphatic carbocycles. The van der Waals surface area contributed by atoms with E-state index in [0.717, 1.165) is 0 Å². The molecule has 1 aromatic carbocycles. The Morgan fingerprint density at radius 3 is 2.89 bits per heavy atom. The number of pyridine rings is 1. The van der Waals surface area contributed by atoms with Gasteiger partial charge in [0.15, 0.2) is 17.5 Å². The molecule has 3 aromatic rings. The molecule has 0 fully saturated rings. The van der Waals surface area contributed by atoms with Gasteiger partial charge in [0.25, 0.3) is 0 Å². The van der Waals surface area contributed by atoms with E-state index in [-0.39, 0.29) is 16.4 Å². The van der Waals surface area contributed by atoms with Gasteiger partial charge in [-0.15, -0.1) is 0 Å². The van der Waals surface area contributed by atoms with Gasteiger partial charge in [0, 0.05) is 12.1 Å². The van der Waals surface area contributed by atoms with Crippen molar-refractivity contribution in [1.82, 2.24) is 5.16 Å². The third-order valence-corrected chi connectivity index (χ3v) is 2.99. The van der Waals surface area contributed by atoms with Crippen LogP contribution in [0.1, 0.15) is 0 Å². The van der Waals surface area contributed by atoms with Crippen LogP contribution in [-0.4, -0.2) is 10.3 Å². The van der Waals surface area contributed by atoms with Crippen molar-refractivity contribution in [2.24, 2.45) is 0 Å². The number of halogens is 1. The molecular weight excluding hydrogens is 256 g/mol. The van der Waals surface area contributed by atoms with Crippen LogP contribution in [-0.2, 0) is 0 Å². The Kier molecular flexibility index (Phi) is 2.34. The molecule has 18 heavy (non-hydrogen) atoms. The first-order valence-electron chi connectivity index (χ1n) is 5.14. The zero-order chi connectivity index (χ0) is 12.7. The second-order valence-corrected chi connectivity index (χ2v) is 4.10. The molecule has 0 radical (unpaired) electrons. The van der Waals surface area contributed by atoms with Crippen molar-refractivity contribution in [3.05, 3.63) is 46.8 Å². The lowest BCUT2D eigenvalue weighted by Gasteiger charge is -2.00. The number of phenolic OH excluding ortho intramolecular Hbond substituents is 1. The highest BCUT2D eigenvalue weighted by atomic mass is 35.5. The molecule has 2 aromatic heterocycles. The van der Waals surface area contributed by atoms with Gasteiger partial charge in [-0.3, -0.25) is 0 Å². The van der Waals surface area contributed by atoms with Crippen molar-refractivity contribution < 1.29 is 14.4 Å². The largest absolute Gasteiger partial charge is 0.618 e. The molecule has 6 heteroatoms. The molecule has 0 amide bonds. The SMILES string of the molecule is [O-][n+]1ccccc1-c1noc2c(Cl)c(O)ccc12. The zero-order valence-corrected chi connectivity index (χ0v) is 9.76. The van der Waals surface area contributed by atoms with Crippen LogP contribution in [0, 0.1) is 5.21 Å². The van der Waals surface area contributed by atoms with Crippen LogP contribution >= 0.6 is 11.6 Å². The lowest BCUT2D eigenvalue weighted by Crippen LogP contribution is -2.28. The van der Waals surface area contributed by atoms with Gasteiger partial charge in [0.1, 0.15) is 10.8 Å². The maximum atomic E-state index is 11.7. The summed E-state index contributed by atoms with van der Waals surface area (Å²) in [4.78, 5) is 0. The van der Waals surface area contributed by atoms with Crippen molar-refractivity contribution in [2.75, 3.05) is 0 Å². The predicted octanol–water partition coefficient (Wildman–Crippen LogP) is 2.49. The standard InChI is InChI=1S/C12H7ClN2O3/c13-10-9(16)5-4-7-11(14-18-12(7)10)8-3-1-2-6-15(8)17/h1-6,16H. The third kappa shape index (κ3) is 1.48. The maximum Gasteiger partial charge on any atom is 0.246 e. The van der Waals surface area contributed by atoms with Crippen LogP contribution in [0.15, 0.2) is 41.1 Å². The van der Waals surface area contributed by atoms with E-state index in [9.17, 15) is 10.3 Å². The molecule has 90 valence electrons. The summed E-state index contributed by atoms with van der Waals surface area (Å²) >= 11 is 5.90. The molecule has 2 heterocycles. The second kappa shape index (κ2) is 3.89. The Morgan fingerprint density at radius 2 is 2.11 bits per heavy atom. The highest BCUT2D eigenvalue weighted by Crippen LogP contribution is 2.35. The number of rotatable bonds is 1. The van der Waals surface area contributed by atoms with Gasteiger partial charge in [0.05, 0.1) is 5.39 Å². The summed E-state index contributed by atoms with van der Waals surface area (Å²) in [5.74, 6) is -0.0880. The van der Waals surface area contributed by atoms with Crippen LogP contribution in [0.2, 0.25) is 5.02 Å². The van der Waals surface area contributed by atoms with Gasteiger partial charge >= 0.3 is 0 Å². The molecule has 0 aliphatic rings. The molecule has 0 spiro atoms. The average molecular weight is 263 g/mol.